The lowest BCUT2D eigenvalue weighted by Gasteiger charge is -1.95. The van der Waals surface area contributed by atoms with Gasteiger partial charge < -0.3 is 8.83 Å². The minimum Gasteiger partial charge on any atom is -0.401 e. The van der Waals surface area contributed by atoms with Gasteiger partial charge in [-0.25, -0.2) is 0 Å². The van der Waals surface area contributed by atoms with Crippen LogP contribution in [-0.2, 0) is 0 Å². The molecule has 3 heterocycles. The number of nitro groups is 1. The van der Waals surface area contributed by atoms with E-state index in [9.17, 15) is 14.9 Å². The fourth-order valence-corrected chi connectivity index (χ4v) is 1.57. The molecule has 10 nitrogen and oxygen atoms in total. The summed E-state index contributed by atoms with van der Waals surface area (Å²) in [7, 11) is 0. The highest BCUT2D eigenvalue weighted by molar-refractivity contribution is 6.01. The first-order valence-electron chi connectivity index (χ1n) is 5.94. The van der Waals surface area contributed by atoms with Crippen molar-refractivity contribution in [3.05, 3.63) is 52.4 Å². The number of carbonyl (C=O) groups is 1. The van der Waals surface area contributed by atoms with Crippen molar-refractivity contribution in [1.82, 2.24) is 15.2 Å². The van der Waals surface area contributed by atoms with E-state index in [4.69, 9.17) is 8.83 Å². The highest BCUT2D eigenvalue weighted by Crippen LogP contribution is 2.19. The molecule has 110 valence electrons. The molecule has 0 aliphatic heterocycles. The molecule has 10 heteroatoms. The van der Waals surface area contributed by atoms with E-state index in [1.807, 2.05) is 0 Å². The summed E-state index contributed by atoms with van der Waals surface area (Å²) in [6.45, 7) is 0. The maximum Gasteiger partial charge on any atom is 0.433 e. The normalized spacial score (nSPS) is 10.4. The molecule has 0 aliphatic rings. The van der Waals surface area contributed by atoms with Gasteiger partial charge in [0, 0.05) is 6.20 Å². The molecule has 0 radical (unpaired) electrons. The Morgan fingerprint density at radius 1 is 1.18 bits per heavy atom. The first kappa shape index (κ1) is 13.4. The van der Waals surface area contributed by atoms with Gasteiger partial charge in [-0.15, -0.1) is 5.10 Å². The molecule has 0 bridgehead atoms. The van der Waals surface area contributed by atoms with Crippen molar-refractivity contribution < 1.29 is 18.6 Å². The minimum atomic E-state index is -0.747. The molecule has 0 saturated heterocycles. The van der Waals surface area contributed by atoms with Gasteiger partial charge in [0.05, 0.1) is 6.07 Å². The Morgan fingerprint density at radius 2 is 2.05 bits per heavy atom. The van der Waals surface area contributed by atoms with Gasteiger partial charge >= 0.3 is 11.9 Å². The standard InChI is InChI=1S/C12H7N5O5/c18-10(8-4-5-9(21-8)17(19)20)14-12-16-15-11(22-12)7-3-1-2-6-13-7/h1-6H,(H,14,16,18). The van der Waals surface area contributed by atoms with Gasteiger partial charge in [0.2, 0.25) is 0 Å². The number of amides is 1. The molecular weight excluding hydrogens is 294 g/mol. The Hall–Kier alpha value is -3.56. The summed E-state index contributed by atoms with van der Waals surface area (Å²) >= 11 is 0. The number of furan rings is 1. The molecule has 0 unspecified atom stereocenters. The van der Waals surface area contributed by atoms with Crippen LogP contribution in [0.4, 0.5) is 11.9 Å². The van der Waals surface area contributed by atoms with Crippen LogP contribution in [0.1, 0.15) is 10.6 Å². The molecule has 0 aliphatic carbocycles. The summed E-state index contributed by atoms with van der Waals surface area (Å²) in [5, 5.41) is 20.1. The first-order valence-corrected chi connectivity index (χ1v) is 5.94. The van der Waals surface area contributed by atoms with Gasteiger partial charge in [-0.3, -0.25) is 25.2 Å². The first-order chi connectivity index (χ1) is 10.6. The van der Waals surface area contributed by atoms with Crippen LogP contribution in [0.3, 0.4) is 0 Å². The SMILES string of the molecule is O=C(Nc1nnc(-c2ccccn2)o1)c1ccc([N+](=O)[O-])o1. The number of hydrogen-bond acceptors (Lipinski definition) is 8. The van der Waals surface area contributed by atoms with Crippen molar-refractivity contribution in [2.24, 2.45) is 0 Å². The number of rotatable bonds is 4. The van der Waals surface area contributed by atoms with Crippen LogP contribution >= 0.6 is 0 Å². The largest absolute Gasteiger partial charge is 0.433 e. The number of anilines is 1. The van der Waals surface area contributed by atoms with E-state index in [1.54, 1.807) is 24.4 Å². The Morgan fingerprint density at radius 3 is 2.73 bits per heavy atom. The average molecular weight is 301 g/mol. The van der Waals surface area contributed by atoms with Crippen LogP contribution in [0.25, 0.3) is 11.6 Å². The molecule has 0 saturated carbocycles. The molecule has 3 aromatic rings. The minimum absolute atomic E-state index is 0.126. The third-order valence-corrected chi connectivity index (χ3v) is 2.53. The van der Waals surface area contributed by atoms with Crippen LogP contribution in [0, 0.1) is 10.1 Å². The Balaban J connectivity index is 1.74. The van der Waals surface area contributed by atoms with Gasteiger partial charge in [-0.1, -0.05) is 11.2 Å². The summed E-state index contributed by atoms with van der Waals surface area (Å²) in [5.41, 5.74) is 0.448. The number of nitrogens with zero attached hydrogens (tertiary/aromatic N) is 4. The lowest BCUT2D eigenvalue weighted by Crippen LogP contribution is -2.11. The molecule has 0 spiro atoms. The quantitative estimate of drug-likeness (QED) is 0.569. The molecule has 0 fully saturated rings. The molecule has 1 N–H and O–H groups in total. The van der Waals surface area contributed by atoms with Gasteiger partial charge in [-0.05, 0) is 18.2 Å². The van der Waals surface area contributed by atoms with Gasteiger partial charge in [0.1, 0.15) is 10.6 Å². The maximum atomic E-state index is 11.8. The van der Waals surface area contributed by atoms with Crippen LogP contribution in [0.5, 0.6) is 0 Å². The van der Waals surface area contributed by atoms with Gasteiger partial charge in [0.25, 0.3) is 11.8 Å². The number of hydrogen-bond donors (Lipinski definition) is 1. The second-order valence-corrected chi connectivity index (χ2v) is 3.98. The predicted molar refractivity (Wildman–Crippen MR) is 70.8 cm³/mol. The van der Waals surface area contributed by atoms with Gasteiger partial charge in [0.15, 0.2) is 5.76 Å². The Labute approximate surface area is 121 Å². The molecule has 3 aromatic heterocycles. The van der Waals surface area contributed by atoms with E-state index in [0.717, 1.165) is 6.07 Å². The molecular formula is C12H7N5O5. The summed E-state index contributed by atoms with van der Waals surface area (Å²) in [6, 6.07) is 7.20. The maximum absolute atomic E-state index is 11.8. The van der Waals surface area contributed by atoms with E-state index < -0.39 is 16.7 Å². The van der Waals surface area contributed by atoms with Crippen molar-refractivity contribution >= 4 is 17.8 Å². The van der Waals surface area contributed by atoms with E-state index in [2.05, 4.69) is 20.5 Å². The Kier molecular flexibility index (Phi) is 3.32. The number of carbonyl (C=O) groups excluding carboxylic acids is 1. The van der Waals surface area contributed by atoms with Crippen LogP contribution in [0.15, 0.2) is 45.4 Å². The van der Waals surface area contributed by atoms with Crippen LogP contribution < -0.4 is 5.32 Å². The second kappa shape index (κ2) is 5.44. The third-order valence-electron chi connectivity index (χ3n) is 2.53. The summed E-state index contributed by atoms with van der Waals surface area (Å²) < 4.78 is 9.98. The zero-order chi connectivity index (χ0) is 15.5. The van der Waals surface area contributed by atoms with Crippen molar-refractivity contribution in [3.8, 4) is 11.6 Å². The lowest BCUT2D eigenvalue weighted by atomic mass is 10.3. The third kappa shape index (κ3) is 2.65. The average Bonchev–Trinajstić information content (AvgIpc) is 3.17. The van der Waals surface area contributed by atoms with E-state index in [0.29, 0.717) is 5.69 Å². The monoisotopic (exact) mass is 301 g/mol. The van der Waals surface area contributed by atoms with Gasteiger partial charge in [-0.2, -0.15) is 0 Å². The van der Waals surface area contributed by atoms with E-state index >= 15 is 0 Å². The van der Waals surface area contributed by atoms with Crippen molar-refractivity contribution in [2.75, 3.05) is 5.32 Å². The fourth-order valence-electron chi connectivity index (χ4n) is 1.57. The molecule has 1 amide bonds. The number of pyridine rings is 1. The van der Waals surface area contributed by atoms with Crippen LogP contribution in [0.2, 0.25) is 0 Å². The zero-order valence-electron chi connectivity index (χ0n) is 10.8. The molecule has 3 rings (SSSR count). The second-order valence-electron chi connectivity index (χ2n) is 3.98. The van der Waals surface area contributed by atoms with Crippen LogP contribution in [-0.4, -0.2) is 26.0 Å². The number of aromatic nitrogens is 3. The highest BCUT2D eigenvalue weighted by atomic mass is 16.6. The summed E-state index contributed by atoms with van der Waals surface area (Å²) in [5.74, 6) is -1.40. The topological polar surface area (TPSA) is 137 Å². The smallest absolute Gasteiger partial charge is 0.401 e. The summed E-state index contributed by atoms with van der Waals surface area (Å²) in [4.78, 5) is 25.6. The zero-order valence-corrected chi connectivity index (χ0v) is 10.8. The molecule has 0 aromatic carbocycles. The molecule has 0 atom stereocenters. The van der Waals surface area contributed by atoms with Crippen molar-refractivity contribution in [3.63, 3.8) is 0 Å². The van der Waals surface area contributed by atoms with Crippen molar-refractivity contribution in [1.29, 1.82) is 0 Å². The van der Waals surface area contributed by atoms with E-state index in [1.165, 1.54) is 6.07 Å². The van der Waals surface area contributed by atoms with Crippen molar-refractivity contribution in [2.45, 2.75) is 0 Å². The summed E-state index contributed by atoms with van der Waals surface area (Å²) in [6.07, 6.45) is 1.56. The van der Waals surface area contributed by atoms with E-state index in [-0.39, 0.29) is 17.7 Å². The molecule has 22 heavy (non-hydrogen) atoms. The Bertz CT molecular complexity index is 825. The fraction of sp³-hybridized carbons (Fsp3) is 0. The highest BCUT2D eigenvalue weighted by Gasteiger charge is 2.19. The predicted octanol–water partition coefficient (Wildman–Crippen LogP) is 1.89. The number of nitrogens with one attached hydrogen (secondary N) is 1. The lowest BCUT2D eigenvalue weighted by molar-refractivity contribution is -0.402.